The van der Waals surface area contributed by atoms with Gasteiger partial charge < -0.3 is 42.6 Å². The predicted molar refractivity (Wildman–Crippen MR) is 149 cm³/mol. The number of H-pyrrole nitrogens is 1. The fourth-order valence-electron chi connectivity index (χ4n) is 4.18. The van der Waals surface area contributed by atoms with Crippen LogP contribution >= 0.6 is 0 Å². The highest BCUT2D eigenvalue weighted by Gasteiger charge is 2.29. The van der Waals surface area contributed by atoms with Crippen molar-refractivity contribution in [1.82, 2.24) is 20.9 Å². The highest BCUT2D eigenvalue weighted by molar-refractivity contribution is 5.94. The maximum atomic E-state index is 13.4. The maximum Gasteiger partial charge on any atom is 0.326 e. The number of phenols is 1. The summed E-state index contributed by atoms with van der Waals surface area (Å²) in [5.74, 6) is -4.03. The minimum absolute atomic E-state index is 0.00556. The molecule has 4 atom stereocenters. The minimum Gasteiger partial charge on any atom is -0.508 e. The number of carboxylic acid groups (broad SMARTS) is 1. The number of nitrogens with two attached hydrogens (primary N) is 2. The first-order valence-corrected chi connectivity index (χ1v) is 12.9. The molecule has 2 aromatic carbocycles. The van der Waals surface area contributed by atoms with E-state index in [2.05, 4.69) is 20.9 Å². The molecule has 1 heterocycles. The average Bonchev–Trinajstić information content (AvgIpc) is 3.34. The Kier molecular flexibility index (Phi) is 10.4. The number of carbonyl (C=O) groups excluding carboxylic acids is 4. The lowest BCUT2D eigenvalue weighted by Gasteiger charge is -2.24. The van der Waals surface area contributed by atoms with Gasteiger partial charge in [0.15, 0.2) is 0 Å². The average molecular weight is 567 g/mol. The van der Waals surface area contributed by atoms with Crippen LogP contribution in [0, 0.1) is 0 Å². The monoisotopic (exact) mass is 566 g/mol. The Balaban J connectivity index is 1.73. The maximum absolute atomic E-state index is 13.4. The number of carboxylic acids is 1. The molecule has 0 aliphatic carbocycles. The van der Waals surface area contributed by atoms with Crippen LogP contribution < -0.4 is 27.4 Å². The van der Waals surface area contributed by atoms with Crippen LogP contribution in [0.15, 0.2) is 54.7 Å². The summed E-state index contributed by atoms with van der Waals surface area (Å²) in [5, 5.41) is 27.8. The van der Waals surface area contributed by atoms with Gasteiger partial charge in [-0.2, -0.15) is 0 Å². The number of aromatic hydroxyl groups is 1. The van der Waals surface area contributed by atoms with E-state index in [0.29, 0.717) is 11.1 Å². The summed E-state index contributed by atoms with van der Waals surface area (Å²) in [6, 6.07) is 8.59. The fourth-order valence-corrected chi connectivity index (χ4v) is 4.18. The van der Waals surface area contributed by atoms with Gasteiger partial charge in [-0.25, -0.2) is 4.79 Å². The molecule has 0 saturated heterocycles. The number of hydrogen-bond donors (Lipinski definition) is 8. The van der Waals surface area contributed by atoms with Gasteiger partial charge in [0.2, 0.25) is 23.6 Å². The number of aromatic nitrogens is 1. The summed E-state index contributed by atoms with van der Waals surface area (Å²) in [6.07, 6.45) is 1.53. The van der Waals surface area contributed by atoms with Gasteiger partial charge in [-0.3, -0.25) is 19.2 Å². The summed E-state index contributed by atoms with van der Waals surface area (Å²) in [7, 11) is 0. The smallest absolute Gasteiger partial charge is 0.326 e. The topological polar surface area (TPSA) is 230 Å². The number of phenolic OH excluding ortho intramolecular Hbond substituents is 1. The lowest BCUT2D eigenvalue weighted by atomic mass is 10.0. The van der Waals surface area contributed by atoms with Crippen molar-refractivity contribution in [2.75, 3.05) is 0 Å². The molecular weight excluding hydrogens is 532 g/mol. The molecular formula is C28H34N6O7. The van der Waals surface area contributed by atoms with Crippen molar-refractivity contribution >= 4 is 40.5 Å². The van der Waals surface area contributed by atoms with Gasteiger partial charge in [0.1, 0.15) is 23.9 Å². The standard InChI is InChI=1S/C28H34N6O7/c1-15(32-26(38)20(29)10-11-24(30)36)25(37)33-22(12-16-6-8-18(35)9-7-16)27(39)34-23(28(40)41)13-17-14-31-21-5-3-2-4-19(17)21/h2-9,14-15,20,22-23,31,35H,10-13,29H2,1H3,(H2,30,36)(H,32,38)(H,33,37)(H,34,39)(H,40,41). The van der Waals surface area contributed by atoms with Crippen LogP contribution in [0.4, 0.5) is 0 Å². The largest absolute Gasteiger partial charge is 0.508 e. The van der Waals surface area contributed by atoms with Crippen LogP contribution in [-0.4, -0.2) is 69.0 Å². The van der Waals surface area contributed by atoms with Crippen LogP contribution in [0.5, 0.6) is 5.75 Å². The molecule has 10 N–H and O–H groups in total. The number of benzene rings is 2. The first-order valence-electron chi connectivity index (χ1n) is 12.9. The van der Waals surface area contributed by atoms with Crippen LogP contribution in [0.25, 0.3) is 10.9 Å². The molecule has 3 aromatic rings. The van der Waals surface area contributed by atoms with Gasteiger partial charge in [0, 0.05) is 36.4 Å². The van der Waals surface area contributed by atoms with Gasteiger partial charge in [-0.05, 0) is 42.7 Å². The highest BCUT2D eigenvalue weighted by Crippen LogP contribution is 2.19. The third kappa shape index (κ3) is 8.80. The molecule has 4 unspecified atom stereocenters. The lowest BCUT2D eigenvalue weighted by Crippen LogP contribution is -2.57. The van der Waals surface area contributed by atoms with E-state index >= 15 is 0 Å². The second-order valence-corrected chi connectivity index (χ2v) is 9.74. The summed E-state index contributed by atoms with van der Waals surface area (Å²) in [5.41, 5.74) is 12.9. The SMILES string of the molecule is CC(NC(=O)C(N)CCC(N)=O)C(=O)NC(Cc1ccc(O)cc1)C(=O)NC(Cc1c[nH]c2ccccc12)C(=O)O. The zero-order valence-electron chi connectivity index (χ0n) is 22.4. The first-order chi connectivity index (χ1) is 19.4. The molecule has 4 amide bonds. The Morgan fingerprint density at radius 2 is 1.54 bits per heavy atom. The van der Waals surface area contributed by atoms with E-state index in [1.807, 2.05) is 24.3 Å². The van der Waals surface area contributed by atoms with Crippen molar-refractivity contribution in [1.29, 1.82) is 0 Å². The summed E-state index contributed by atoms with van der Waals surface area (Å²) < 4.78 is 0. The highest BCUT2D eigenvalue weighted by atomic mass is 16.4. The van der Waals surface area contributed by atoms with Crippen molar-refractivity contribution in [2.45, 2.75) is 56.8 Å². The number of aliphatic carboxylic acids is 1. The number of nitrogens with one attached hydrogen (secondary N) is 4. The van der Waals surface area contributed by atoms with Crippen molar-refractivity contribution in [3.05, 3.63) is 65.9 Å². The Morgan fingerprint density at radius 3 is 2.20 bits per heavy atom. The van der Waals surface area contributed by atoms with Crippen LogP contribution in [0.3, 0.4) is 0 Å². The fraction of sp³-hybridized carbons (Fsp3) is 0.321. The van der Waals surface area contributed by atoms with Crippen molar-refractivity contribution in [3.8, 4) is 5.75 Å². The number of amides is 4. The first kappa shape index (κ1) is 30.6. The third-order valence-electron chi connectivity index (χ3n) is 6.51. The van der Waals surface area contributed by atoms with E-state index < -0.39 is 53.8 Å². The van der Waals surface area contributed by atoms with E-state index in [1.54, 1.807) is 18.3 Å². The van der Waals surface area contributed by atoms with Crippen molar-refractivity contribution in [3.63, 3.8) is 0 Å². The van der Waals surface area contributed by atoms with Crippen LogP contribution in [0.2, 0.25) is 0 Å². The molecule has 0 radical (unpaired) electrons. The molecule has 0 aliphatic heterocycles. The normalized spacial score (nSPS) is 13.9. The molecule has 1 aromatic heterocycles. The van der Waals surface area contributed by atoms with Crippen molar-refractivity contribution in [2.24, 2.45) is 11.5 Å². The molecule has 13 heteroatoms. The number of primary amides is 1. The van der Waals surface area contributed by atoms with Gasteiger partial charge in [0.05, 0.1) is 6.04 Å². The minimum atomic E-state index is -1.30. The molecule has 0 spiro atoms. The molecule has 41 heavy (non-hydrogen) atoms. The molecule has 218 valence electrons. The zero-order chi connectivity index (χ0) is 30.1. The Labute approximate surface area is 235 Å². The summed E-state index contributed by atoms with van der Waals surface area (Å²) in [6.45, 7) is 1.39. The molecule has 0 aliphatic rings. The predicted octanol–water partition coefficient (Wildman–Crippen LogP) is -0.190. The van der Waals surface area contributed by atoms with E-state index in [9.17, 15) is 34.2 Å². The summed E-state index contributed by atoms with van der Waals surface area (Å²) >= 11 is 0. The van der Waals surface area contributed by atoms with E-state index in [4.69, 9.17) is 11.5 Å². The summed E-state index contributed by atoms with van der Waals surface area (Å²) in [4.78, 5) is 64.8. The lowest BCUT2D eigenvalue weighted by molar-refractivity contribution is -0.142. The van der Waals surface area contributed by atoms with Crippen LogP contribution in [0.1, 0.15) is 30.9 Å². The molecule has 3 rings (SSSR count). The number of aromatic amines is 1. The number of hydrogen-bond acceptors (Lipinski definition) is 7. The van der Waals surface area contributed by atoms with E-state index in [1.165, 1.54) is 19.1 Å². The quantitative estimate of drug-likeness (QED) is 0.130. The Morgan fingerprint density at radius 1 is 0.878 bits per heavy atom. The number of rotatable bonds is 14. The van der Waals surface area contributed by atoms with Crippen LogP contribution in [-0.2, 0) is 36.8 Å². The molecule has 0 saturated carbocycles. The number of fused-ring (bicyclic) bond motifs is 1. The second kappa shape index (κ2) is 13.9. The third-order valence-corrected chi connectivity index (χ3v) is 6.51. The van der Waals surface area contributed by atoms with Gasteiger partial charge in [-0.15, -0.1) is 0 Å². The van der Waals surface area contributed by atoms with Gasteiger partial charge in [0.25, 0.3) is 0 Å². The van der Waals surface area contributed by atoms with E-state index in [0.717, 1.165) is 10.9 Å². The van der Waals surface area contributed by atoms with Gasteiger partial charge >= 0.3 is 5.97 Å². The second-order valence-electron chi connectivity index (χ2n) is 9.74. The molecule has 0 fully saturated rings. The van der Waals surface area contributed by atoms with Crippen molar-refractivity contribution < 1.29 is 34.2 Å². The number of carbonyl (C=O) groups is 5. The Hall–Kier alpha value is -4.91. The molecule has 13 nitrogen and oxygen atoms in total. The Bertz CT molecular complexity index is 1400. The molecule has 0 bridgehead atoms. The van der Waals surface area contributed by atoms with Gasteiger partial charge in [-0.1, -0.05) is 30.3 Å². The number of para-hydroxylation sites is 1. The zero-order valence-corrected chi connectivity index (χ0v) is 22.4. The van der Waals surface area contributed by atoms with E-state index in [-0.39, 0.29) is 31.4 Å².